The van der Waals surface area contributed by atoms with Crippen LogP contribution in [0.4, 0.5) is 0 Å². The van der Waals surface area contributed by atoms with E-state index >= 15 is 0 Å². The summed E-state index contributed by atoms with van der Waals surface area (Å²) >= 11 is 0. The van der Waals surface area contributed by atoms with E-state index in [1.54, 1.807) is 13.2 Å². The Morgan fingerprint density at radius 1 is 1.22 bits per heavy atom. The SMILES string of the molecule is CCCCCCOc1ccc(/C=N\O)cc1OC. The fourth-order valence-electron chi connectivity index (χ4n) is 1.66. The fraction of sp³-hybridized carbons (Fsp3) is 0.500. The van der Waals surface area contributed by atoms with Gasteiger partial charge >= 0.3 is 0 Å². The molecule has 0 atom stereocenters. The van der Waals surface area contributed by atoms with E-state index in [9.17, 15) is 0 Å². The van der Waals surface area contributed by atoms with Gasteiger partial charge in [0, 0.05) is 5.56 Å². The number of nitrogens with zero attached hydrogens (tertiary/aromatic N) is 1. The van der Waals surface area contributed by atoms with Gasteiger partial charge < -0.3 is 14.7 Å². The molecule has 100 valence electrons. The van der Waals surface area contributed by atoms with Crippen molar-refractivity contribution in [3.8, 4) is 11.5 Å². The fourth-order valence-corrected chi connectivity index (χ4v) is 1.66. The standard InChI is InChI=1S/C14H21NO3/c1-3-4-5-6-9-18-13-8-7-12(11-15-16)10-14(13)17-2/h7-8,10-11,16H,3-6,9H2,1-2H3/b15-11-. The molecule has 0 saturated carbocycles. The number of benzene rings is 1. The van der Waals surface area contributed by atoms with Gasteiger partial charge in [-0.3, -0.25) is 0 Å². The maximum Gasteiger partial charge on any atom is 0.161 e. The number of unbranched alkanes of at least 4 members (excludes halogenated alkanes) is 3. The molecular weight excluding hydrogens is 230 g/mol. The molecule has 0 bridgehead atoms. The lowest BCUT2D eigenvalue weighted by Gasteiger charge is -2.11. The lowest BCUT2D eigenvalue weighted by molar-refractivity contribution is 0.285. The zero-order valence-electron chi connectivity index (χ0n) is 11.1. The van der Waals surface area contributed by atoms with Crippen molar-refractivity contribution >= 4 is 6.21 Å². The van der Waals surface area contributed by atoms with E-state index in [-0.39, 0.29) is 0 Å². The summed E-state index contributed by atoms with van der Waals surface area (Å²) in [5.41, 5.74) is 0.771. The molecule has 1 aromatic rings. The van der Waals surface area contributed by atoms with Crippen LogP contribution in [-0.2, 0) is 0 Å². The summed E-state index contributed by atoms with van der Waals surface area (Å²) in [5.74, 6) is 1.38. The second-order valence-corrected chi connectivity index (χ2v) is 4.06. The minimum Gasteiger partial charge on any atom is -0.493 e. The Balaban J connectivity index is 2.54. The van der Waals surface area contributed by atoms with E-state index in [1.165, 1.54) is 25.5 Å². The van der Waals surface area contributed by atoms with Crippen LogP contribution in [0.1, 0.15) is 38.2 Å². The van der Waals surface area contributed by atoms with Crippen LogP contribution in [0.3, 0.4) is 0 Å². The minimum absolute atomic E-state index is 0.655. The quantitative estimate of drug-likeness (QED) is 0.333. The zero-order valence-corrected chi connectivity index (χ0v) is 11.1. The maximum absolute atomic E-state index is 8.47. The molecule has 0 aliphatic heterocycles. The van der Waals surface area contributed by atoms with Crippen LogP contribution in [0.25, 0.3) is 0 Å². The van der Waals surface area contributed by atoms with Gasteiger partial charge in [0.2, 0.25) is 0 Å². The van der Waals surface area contributed by atoms with Gasteiger partial charge in [0.05, 0.1) is 19.9 Å². The minimum atomic E-state index is 0.655. The monoisotopic (exact) mass is 251 g/mol. The van der Waals surface area contributed by atoms with E-state index in [0.29, 0.717) is 12.4 Å². The van der Waals surface area contributed by atoms with Gasteiger partial charge in [-0.2, -0.15) is 0 Å². The molecule has 0 spiro atoms. The molecule has 18 heavy (non-hydrogen) atoms. The molecule has 0 aliphatic carbocycles. The summed E-state index contributed by atoms with van der Waals surface area (Å²) in [5, 5.41) is 11.5. The lowest BCUT2D eigenvalue weighted by atomic mass is 10.2. The first kappa shape index (κ1) is 14.4. The van der Waals surface area contributed by atoms with Gasteiger partial charge in [-0.25, -0.2) is 0 Å². The average Bonchev–Trinajstić information content (AvgIpc) is 2.40. The first-order valence-corrected chi connectivity index (χ1v) is 6.30. The first-order chi connectivity index (χ1) is 8.81. The van der Waals surface area contributed by atoms with Gasteiger partial charge in [-0.15, -0.1) is 0 Å². The molecule has 0 amide bonds. The van der Waals surface area contributed by atoms with Crippen molar-refractivity contribution in [3.05, 3.63) is 23.8 Å². The number of ether oxygens (including phenoxy) is 2. The Kier molecular flexibility index (Phi) is 6.69. The maximum atomic E-state index is 8.47. The van der Waals surface area contributed by atoms with E-state index < -0.39 is 0 Å². The summed E-state index contributed by atoms with van der Waals surface area (Å²) in [7, 11) is 1.60. The van der Waals surface area contributed by atoms with Gasteiger partial charge in [0.1, 0.15) is 0 Å². The molecule has 4 heteroatoms. The van der Waals surface area contributed by atoms with Crippen LogP contribution >= 0.6 is 0 Å². The van der Waals surface area contributed by atoms with Crippen LogP contribution in [-0.4, -0.2) is 25.1 Å². The molecule has 0 unspecified atom stereocenters. The molecule has 0 radical (unpaired) electrons. The Bertz CT molecular complexity index is 377. The summed E-state index contributed by atoms with van der Waals surface area (Å²) < 4.78 is 10.9. The van der Waals surface area contributed by atoms with Crippen molar-refractivity contribution in [2.45, 2.75) is 32.6 Å². The van der Waals surface area contributed by atoms with Crippen molar-refractivity contribution in [2.24, 2.45) is 5.16 Å². The molecule has 1 rings (SSSR count). The van der Waals surface area contributed by atoms with Crippen LogP contribution in [0.15, 0.2) is 23.4 Å². The van der Waals surface area contributed by atoms with Gasteiger partial charge in [-0.05, 0) is 24.6 Å². The average molecular weight is 251 g/mol. The van der Waals surface area contributed by atoms with Crippen molar-refractivity contribution < 1.29 is 14.7 Å². The van der Waals surface area contributed by atoms with Gasteiger partial charge in [-0.1, -0.05) is 31.3 Å². The van der Waals surface area contributed by atoms with Crippen LogP contribution in [0.5, 0.6) is 11.5 Å². The summed E-state index contributed by atoms with van der Waals surface area (Å²) in [6, 6.07) is 5.43. The molecule has 0 aliphatic rings. The first-order valence-electron chi connectivity index (χ1n) is 6.30. The Morgan fingerprint density at radius 2 is 2.06 bits per heavy atom. The van der Waals surface area contributed by atoms with Crippen molar-refractivity contribution in [1.29, 1.82) is 0 Å². The molecule has 0 fully saturated rings. The van der Waals surface area contributed by atoms with Crippen LogP contribution in [0.2, 0.25) is 0 Å². The third-order valence-corrected chi connectivity index (χ3v) is 2.65. The van der Waals surface area contributed by atoms with Crippen LogP contribution in [0, 0.1) is 0 Å². The van der Waals surface area contributed by atoms with Crippen molar-refractivity contribution in [3.63, 3.8) is 0 Å². The molecule has 4 nitrogen and oxygen atoms in total. The smallest absolute Gasteiger partial charge is 0.161 e. The van der Waals surface area contributed by atoms with E-state index in [2.05, 4.69) is 12.1 Å². The number of rotatable bonds is 8. The number of methoxy groups -OCH3 is 1. The normalized spacial score (nSPS) is 10.8. The molecule has 1 aromatic carbocycles. The lowest BCUT2D eigenvalue weighted by Crippen LogP contribution is -2.00. The molecule has 0 saturated heterocycles. The Morgan fingerprint density at radius 3 is 2.72 bits per heavy atom. The third kappa shape index (κ3) is 4.65. The highest BCUT2D eigenvalue weighted by Crippen LogP contribution is 2.27. The predicted octanol–water partition coefficient (Wildman–Crippen LogP) is 3.46. The number of hydrogen-bond acceptors (Lipinski definition) is 4. The predicted molar refractivity (Wildman–Crippen MR) is 72.0 cm³/mol. The number of oxime groups is 1. The van der Waals surface area contributed by atoms with Gasteiger partial charge in [0.15, 0.2) is 11.5 Å². The summed E-state index contributed by atoms with van der Waals surface area (Å²) in [4.78, 5) is 0. The highest BCUT2D eigenvalue weighted by molar-refractivity contribution is 5.80. The van der Waals surface area contributed by atoms with Crippen LogP contribution < -0.4 is 9.47 Å². The second-order valence-electron chi connectivity index (χ2n) is 4.06. The second kappa shape index (κ2) is 8.39. The van der Waals surface area contributed by atoms with Gasteiger partial charge in [0.25, 0.3) is 0 Å². The zero-order chi connectivity index (χ0) is 13.2. The molecule has 1 N–H and O–H groups in total. The largest absolute Gasteiger partial charge is 0.493 e. The highest BCUT2D eigenvalue weighted by Gasteiger charge is 2.04. The van der Waals surface area contributed by atoms with E-state index in [0.717, 1.165) is 17.7 Å². The Hall–Kier alpha value is -1.71. The van der Waals surface area contributed by atoms with E-state index in [1.807, 2.05) is 12.1 Å². The topological polar surface area (TPSA) is 51.0 Å². The molecular formula is C14H21NO3. The van der Waals surface area contributed by atoms with E-state index in [4.69, 9.17) is 14.7 Å². The third-order valence-electron chi connectivity index (χ3n) is 2.65. The molecule has 0 aromatic heterocycles. The Labute approximate surface area is 108 Å². The summed E-state index contributed by atoms with van der Waals surface area (Å²) in [6.07, 6.45) is 6.06. The van der Waals surface area contributed by atoms with Crippen molar-refractivity contribution in [1.82, 2.24) is 0 Å². The highest BCUT2D eigenvalue weighted by atomic mass is 16.5. The molecule has 0 heterocycles. The number of hydrogen-bond donors (Lipinski definition) is 1. The summed E-state index contributed by atoms with van der Waals surface area (Å²) in [6.45, 7) is 2.88. The van der Waals surface area contributed by atoms with Crippen molar-refractivity contribution in [2.75, 3.05) is 13.7 Å².